The van der Waals surface area contributed by atoms with Gasteiger partial charge in [-0.2, -0.15) is 0 Å². The standard InChI is InChI=1S/C27H28ClN5O3S/c1-17-7-8-20(28)13-22(17)31-27(34)33-11-9-18(10-12-33)26-30-24(16-37-26)23-14-25(36-32-23)21-6-4-3-5-19(21)15-29-35-2/h3-8,13-16,18,25,32H,9-12H2,1-2H3,(H,31,34). The quantitative estimate of drug-likeness (QED) is 0.292. The van der Waals surface area contributed by atoms with Crippen LogP contribution in [0.2, 0.25) is 5.02 Å². The van der Waals surface area contributed by atoms with Gasteiger partial charge < -0.3 is 15.1 Å². The number of halogens is 1. The molecule has 1 atom stereocenters. The van der Waals surface area contributed by atoms with Gasteiger partial charge in [0.2, 0.25) is 0 Å². The highest BCUT2D eigenvalue weighted by atomic mass is 35.5. The minimum atomic E-state index is -0.260. The number of urea groups is 1. The Bertz CT molecular complexity index is 1330. The van der Waals surface area contributed by atoms with Crippen LogP contribution in [-0.2, 0) is 9.68 Å². The SMILES string of the molecule is CON=Cc1ccccc1C1C=C(c2csc(C3CCN(C(=O)Nc4cc(Cl)ccc4C)CC3)n2)NO1. The molecule has 37 heavy (non-hydrogen) atoms. The number of anilines is 1. The Morgan fingerprint density at radius 2 is 2.11 bits per heavy atom. The van der Waals surface area contributed by atoms with Gasteiger partial charge in [0, 0.05) is 40.7 Å². The van der Waals surface area contributed by atoms with E-state index in [1.54, 1.807) is 23.6 Å². The second-order valence-corrected chi connectivity index (χ2v) is 10.3. The van der Waals surface area contributed by atoms with E-state index in [4.69, 9.17) is 26.3 Å². The molecule has 2 aliphatic heterocycles. The molecule has 0 saturated carbocycles. The number of benzene rings is 2. The van der Waals surface area contributed by atoms with Gasteiger partial charge in [0.1, 0.15) is 13.2 Å². The first-order valence-corrected chi connectivity index (χ1v) is 13.3. The molecule has 1 aromatic heterocycles. The zero-order valence-electron chi connectivity index (χ0n) is 20.6. The summed E-state index contributed by atoms with van der Waals surface area (Å²) in [6, 6.07) is 13.3. The zero-order valence-corrected chi connectivity index (χ0v) is 22.2. The predicted molar refractivity (Wildman–Crippen MR) is 147 cm³/mol. The van der Waals surface area contributed by atoms with Gasteiger partial charge in [-0.15, -0.1) is 11.3 Å². The molecule has 0 spiro atoms. The van der Waals surface area contributed by atoms with Crippen LogP contribution in [0.1, 0.15) is 52.3 Å². The van der Waals surface area contributed by atoms with Crippen LogP contribution >= 0.6 is 22.9 Å². The van der Waals surface area contributed by atoms with Gasteiger partial charge in [0.15, 0.2) is 0 Å². The van der Waals surface area contributed by atoms with Crippen LogP contribution in [-0.4, -0.2) is 42.3 Å². The molecule has 1 fully saturated rings. The molecule has 3 heterocycles. The van der Waals surface area contributed by atoms with E-state index in [-0.39, 0.29) is 12.1 Å². The molecule has 2 N–H and O–H groups in total. The molecule has 0 bridgehead atoms. The Balaban J connectivity index is 1.20. The van der Waals surface area contributed by atoms with E-state index in [1.165, 1.54) is 7.11 Å². The molecule has 1 saturated heterocycles. The van der Waals surface area contributed by atoms with Gasteiger partial charge in [-0.3, -0.25) is 10.3 Å². The Morgan fingerprint density at radius 3 is 2.92 bits per heavy atom. The number of oxime groups is 1. The van der Waals surface area contributed by atoms with E-state index in [0.29, 0.717) is 24.0 Å². The highest BCUT2D eigenvalue weighted by molar-refractivity contribution is 7.09. The maximum atomic E-state index is 12.8. The smallest absolute Gasteiger partial charge is 0.321 e. The predicted octanol–water partition coefficient (Wildman–Crippen LogP) is 6.11. The average molecular weight is 538 g/mol. The molecule has 2 amide bonds. The number of aryl methyl sites for hydroxylation is 1. The van der Waals surface area contributed by atoms with Crippen LogP contribution in [0.4, 0.5) is 10.5 Å². The van der Waals surface area contributed by atoms with Gasteiger partial charge in [0.05, 0.1) is 22.6 Å². The summed E-state index contributed by atoms with van der Waals surface area (Å²) in [5.74, 6) is 0.320. The van der Waals surface area contributed by atoms with E-state index < -0.39 is 0 Å². The van der Waals surface area contributed by atoms with Crippen molar-refractivity contribution in [2.45, 2.75) is 31.8 Å². The molecule has 0 radical (unpaired) electrons. The van der Waals surface area contributed by atoms with Crippen LogP contribution in [0.15, 0.2) is 59.1 Å². The summed E-state index contributed by atoms with van der Waals surface area (Å²) < 4.78 is 0. The monoisotopic (exact) mass is 537 g/mol. The molecule has 0 aliphatic carbocycles. The second-order valence-electron chi connectivity index (χ2n) is 8.99. The van der Waals surface area contributed by atoms with E-state index in [9.17, 15) is 4.79 Å². The molecule has 1 unspecified atom stereocenters. The molecule has 2 aliphatic rings. The molecule has 2 aromatic carbocycles. The van der Waals surface area contributed by atoms with Crippen LogP contribution in [0, 0.1) is 6.92 Å². The first kappa shape index (κ1) is 25.3. The number of nitrogens with one attached hydrogen (secondary N) is 2. The lowest BCUT2D eigenvalue weighted by Crippen LogP contribution is -2.40. The van der Waals surface area contributed by atoms with E-state index in [0.717, 1.165) is 51.6 Å². The lowest BCUT2D eigenvalue weighted by molar-refractivity contribution is 0.0509. The largest absolute Gasteiger partial charge is 0.399 e. The van der Waals surface area contributed by atoms with Crippen molar-refractivity contribution >= 4 is 46.6 Å². The molecule has 8 nitrogen and oxygen atoms in total. The third kappa shape index (κ3) is 5.79. The number of nitrogens with zero attached hydrogens (tertiary/aromatic N) is 3. The molecule has 192 valence electrons. The topological polar surface area (TPSA) is 88.1 Å². The van der Waals surface area contributed by atoms with Gasteiger partial charge in [-0.25, -0.2) is 9.78 Å². The van der Waals surface area contributed by atoms with Crippen molar-refractivity contribution in [3.8, 4) is 0 Å². The second kappa shape index (κ2) is 11.3. The number of carbonyl (C=O) groups is 1. The van der Waals surface area contributed by atoms with Crippen LogP contribution in [0.3, 0.4) is 0 Å². The number of aromatic nitrogens is 1. The summed E-state index contributed by atoms with van der Waals surface area (Å²) in [6.07, 6.45) is 5.18. The maximum absolute atomic E-state index is 12.8. The van der Waals surface area contributed by atoms with Crippen LogP contribution < -0.4 is 10.8 Å². The first-order chi connectivity index (χ1) is 18.0. The molecule has 3 aromatic rings. The van der Waals surface area contributed by atoms with Gasteiger partial charge in [-0.05, 0) is 49.1 Å². The van der Waals surface area contributed by atoms with E-state index in [1.807, 2.05) is 54.3 Å². The number of likely N-dealkylation sites (tertiary alicyclic amines) is 1. The Morgan fingerprint density at radius 1 is 1.30 bits per heavy atom. The van der Waals surface area contributed by atoms with Crippen molar-refractivity contribution in [3.05, 3.63) is 86.3 Å². The fraction of sp³-hybridized carbons (Fsp3) is 0.296. The number of rotatable bonds is 6. The fourth-order valence-corrected chi connectivity index (χ4v) is 5.65. The van der Waals surface area contributed by atoms with Gasteiger partial charge >= 0.3 is 6.03 Å². The summed E-state index contributed by atoms with van der Waals surface area (Å²) in [7, 11) is 1.52. The number of carbonyl (C=O) groups excluding carboxylic acids is 1. The lowest BCUT2D eigenvalue weighted by atomic mass is 9.98. The molecular formula is C27H28ClN5O3S. The molecule has 10 heteroatoms. The van der Waals surface area contributed by atoms with Crippen molar-refractivity contribution in [1.82, 2.24) is 15.4 Å². The van der Waals surface area contributed by atoms with Gasteiger partial charge in [0.25, 0.3) is 0 Å². The Labute approximate surface area is 224 Å². The van der Waals surface area contributed by atoms with Gasteiger partial charge in [-0.1, -0.05) is 47.1 Å². The Hall–Kier alpha value is -3.40. The number of thiazole rings is 1. The maximum Gasteiger partial charge on any atom is 0.321 e. The average Bonchev–Trinajstić information content (AvgIpc) is 3.60. The highest BCUT2D eigenvalue weighted by Gasteiger charge is 2.28. The molecule has 5 rings (SSSR count). The van der Waals surface area contributed by atoms with Crippen molar-refractivity contribution in [1.29, 1.82) is 0 Å². The normalized spacial score (nSPS) is 18.1. The third-order valence-electron chi connectivity index (χ3n) is 6.58. The summed E-state index contributed by atoms with van der Waals surface area (Å²) in [5.41, 5.74) is 8.38. The first-order valence-electron chi connectivity index (χ1n) is 12.1. The fourth-order valence-electron chi connectivity index (χ4n) is 4.49. The zero-order chi connectivity index (χ0) is 25.8. The minimum Gasteiger partial charge on any atom is -0.399 e. The van der Waals surface area contributed by atoms with E-state index >= 15 is 0 Å². The molecular weight excluding hydrogens is 510 g/mol. The lowest BCUT2D eigenvalue weighted by Gasteiger charge is -2.31. The number of hydroxylamine groups is 1. The van der Waals surface area contributed by atoms with Crippen molar-refractivity contribution in [2.24, 2.45) is 5.16 Å². The number of hydrogen-bond acceptors (Lipinski definition) is 7. The number of piperidine rings is 1. The summed E-state index contributed by atoms with van der Waals surface area (Å²) in [6.45, 7) is 3.31. The number of hydrogen-bond donors (Lipinski definition) is 2. The number of amides is 2. The third-order valence-corrected chi connectivity index (χ3v) is 7.83. The van der Waals surface area contributed by atoms with Crippen LogP contribution in [0.25, 0.3) is 5.70 Å². The van der Waals surface area contributed by atoms with Crippen molar-refractivity contribution in [3.63, 3.8) is 0 Å². The van der Waals surface area contributed by atoms with Crippen molar-refractivity contribution in [2.75, 3.05) is 25.5 Å². The summed E-state index contributed by atoms with van der Waals surface area (Å²) in [5, 5.41) is 10.6. The summed E-state index contributed by atoms with van der Waals surface area (Å²) >= 11 is 7.74. The summed E-state index contributed by atoms with van der Waals surface area (Å²) in [4.78, 5) is 30.2. The van der Waals surface area contributed by atoms with Crippen molar-refractivity contribution < 1.29 is 14.5 Å². The Kier molecular flexibility index (Phi) is 7.73. The highest BCUT2D eigenvalue weighted by Crippen LogP contribution is 2.34. The van der Waals surface area contributed by atoms with Crippen LogP contribution in [0.5, 0.6) is 0 Å². The minimum absolute atomic E-state index is 0.0945. The van der Waals surface area contributed by atoms with E-state index in [2.05, 4.69) is 21.3 Å².